The zero-order valence-corrected chi connectivity index (χ0v) is 23.4. The van der Waals surface area contributed by atoms with Crippen molar-refractivity contribution in [1.29, 1.82) is 5.26 Å². The number of aliphatic imine (C=N–C) groups is 1. The van der Waals surface area contributed by atoms with Crippen LogP contribution in [0.5, 0.6) is 0 Å². The smallest absolute Gasteiger partial charge is 0.208 e. The van der Waals surface area contributed by atoms with Crippen LogP contribution in [0.2, 0.25) is 0 Å². The molecule has 1 unspecified atom stereocenters. The van der Waals surface area contributed by atoms with Gasteiger partial charge in [0.15, 0.2) is 5.17 Å². The number of thioether (sulfide) groups is 1. The number of hydrogen-bond acceptors (Lipinski definition) is 5. The zero-order valence-electron chi connectivity index (χ0n) is 22.6. The van der Waals surface area contributed by atoms with Gasteiger partial charge in [0, 0.05) is 31.2 Å². The van der Waals surface area contributed by atoms with Crippen LogP contribution in [-0.4, -0.2) is 62.5 Å². The highest BCUT2D eigenvalue weighted by molar-refractivity contribution is 8.13. The Labute approximate surface area is 230 Å². The number of aromatic nitrogens is 2. The number of likely N-dealkylation sites (tertiary alicyclic amines) is 1. The van der Waals surface area contributed by atoms with Crippen LogP contribution in [-0.2, 0) is 5.41 Å². The normalized spacial score (nSPS) is 25.6. The highest BCUT2D eigenvalue weighted by Crippen LogP contribution is 2.45. The van der Waals surface area contributed by atoms with E-state index in [2.05, 4.69) is 80.9 Å². The lowest BCUT2D eigenvalue weighted by atomic mass is 9.70. The van der Waals surface area contributed by atoms with Gasteiger partial charge in [-0.15, -0.1) is 4.99 Å². The second-order valence-corrected chi connectivity index (χ2v) is 12.1. The van der Waals surface area contributed by atoms with Crippen LogP contribution >= 0.6 is 11.8 Å². The average Bonchev–Trinajstić information content (AvgIpc) is 3.42. The summed E-state index contributed by atoms with van der Waals surface area (Å²) in [6.45, 7) is 5.26. The lowest BCUT2D eigenvalue weighted by Crippen LogP contribution is -2.48. The number of benzene rings is 2. The summed E-state index contributed by atoms with van der Waals surface area (Å²) >= 11 is 1.58. The van der Waals surface area contributed by atoms with Gasteiger partial charge in [-0.1, -0.05) is 54.2 Å². The first-order valence-electron chi connectivity index (χ1n) is 14.1. The SMILES string of the molecule is CSC(=NC#N)N1CCC(CCN2[C@@H]3CC[C@H]2CC(n2c(C)nc4ccccc42)C3)(c2ccccc2)CC1. The minimum Gasteiger partial charge on any atom is -0.351 e. The molecule has 3 atom stereocenters. The first kappa shape index (κ1) is 25.5. The fraction of sp³-hybridized carbons (Fsp3) is 0.516. The van der Waals surface area contributed by atoms with Crippen LogP contribution in [0.3, 0.4) is 0 Å². The number of aryl methyl sites for hydroxylation is 1. The summed E-state index contributed by atoms with van der Waals surface area (Å²) in [5.74, 6) is 1.16. The topological polar surface area (TPSA) is 60.5 Å². The minimum atomic E-state index is 0.182. The number of amidine groups is 1. The maximum Gasteiger partial charge on any atom is 0.208 e. The Bertz CT molecular complexity index is 1320. The summed E-state index contributed by atoms with van der Waals surface area (Å²) in [6, 6.07) is 21.7. The third-order valence-corrected chi connectivity index (χ3v) is 10.3. The first-order valence-corrected chi connectivity index (χ1v) is 15.3. The van der Waals surface area contributed by atoms with Gasteiger partial charge in [-0.25, -0.2) is 4.98 Å². The third kappa shape index (κ3) is 4.63. The molecule has 7 heteroatoms. The highest BCUT2D eigenvalue weighted by Gasteiger charge is 2.44. The number of nitrogens with zero attached hydrogens (tertiary/aromatic N) is 6. The van der Waals surface area contributed by atoms with Gasteiger partial charge >= 0.3 is 0 Å². The molecule has 3 aliphatic heterocycles. The summed E-state index contributed by atoms with van der Waals surface area (Å²) in [5.41, 5.74) is 4.08. The standard InChI is InChI=1S/C31H38N6S/c1-23-34-28-10-6-7-11-29(28)37(23)27-20-25-12-13-26(21-27)36(25)19-16-31(24-8-4-3-5-9-24)14-17-35(18-15-31)30(38-2)33-22-32/h3-11,25-27H,12-21H2,1-2H3/t25-,26+,27?. The van der Waals surface area contributed by atoms with Crippen molar-refractivity contribution < 1.29 is 0 Å². The van der Waals surface area contributed by atoms with E-state index in [1.54, 1.807) is 11.8 Å². The molecule has 0 amide bonds. The molecule has 0 radical (unpaired) electrons. The molecular formula is C31H38N6S. The number of rotatable bonds is 5. The summed E-state index contributed by atoms with van der Waals surface area (Å²) < 4.78 is 2.53. The second-order valence-electron chi connectivity index (χ2n) is 11.3. The van der Waals surface area contributed by atoms with E-state index in [0.29, 0.717) is 18.1 Å². The minimum absolute atomic E-state index is 0.182. The molecule has 0 saturated carbocycles. The molecule has 2 aromatic carbocycles. The zero-order chi connectivity index (χ0) is 26.1. The van der Waals surface area contributed by atoms with Crippen molar-refractivity contribution in [1.82, 2.24) is 19.4 Å². The Morgan fingerprint density at radius 3 is 2.39 bits per heavy atom. The molecule has 0 spiro atoms. The number of para-hydroxylation sites is 2. The Morgan fingerprint density at radius 1 is 1.03 bits per heavy atom. The first-order chi connectivity index (χ1) is 18.6. The number of fused-ring (bicyclic) bond motifs is 3. The molecule has 3 aromatic rings. The summed E-state index contributed by atoms with van der Waals surface area (Å²) in [5, 5.41) is 9.98. The van der Waals surface area contributed by atoms with Gasteiger partial charge in [0.2, 0.25) is 6.19 Å². The molecule has 1 aromatic heterocycles. The highest BCUT2D eigenvalue weighted by atomic mass is 32.2. The Kier molecular flexibility index (Phi) is 7.20. The Morgan fingerprint density at radius 2 is 1.71 bits per heavy atom. The summed E-state index contributed by atoms with van der Waals surface area (Å²) in [7, 11) is 0. The molecule has 6 nitrogen and oxygen atoms in total. The molecule has 3 fully saturated rings. The van der Waals surface area contributed by atoms with Crippen molar-refractivity contribution in [3.8, 4) is 6.19 Å². The monoisotopic (exact) mass is 526 g/mol. The number of nitriles is 1. The molecule has 0 N–H and O–H groups in total. The van der Waals surface area contributed by atoms with Gasteiger partial charge in [0.05, 0.1) is 11.0 Å². The van der Waals surface area contributed by atoms with Crippen LogP contribution in [0.4, 0.5) is 0 Å². The lowest BCUT2D eigenvalue weighted by molar-refractivity contribution is 0.0890. The van der Waals surface area contributed by atoms with Gasteiger partial charge in [-0.2, -0.15) is 5.26 Å². The predicted octanol–water partition coefficient (Wildman–Crippen LogP) is 6.14. The molecule has 0 aliphatic carbocycles. The van der Waals surface area contributed by atoms with Gasteiger partial charge in [-0.3, -0.25) is 4.90 Å². The molecule has 38 heavy (non-hydrogen) atoms. The van der Waals surface area contributed by atoms with Crippen molar-refractivity contribution in [2.45, 2.75) is 75.4 Å². The van der Waals surface area contributed by atoms with E-state index >= 15 is 0 Å². The Balaban J connectivity index is 1.18. The molecule has 3 aliphatic rings. The molecule has 2 bridgehead atoms. The van der Waals surface area contributed by atoms with Crippen molar-refractivity contribution >= 4 is 28.0 Å². The largest absolute Gasteiger partial charge is 0.351 e. The van der Waals surface area contributed by atoms with Crippen LogP contribution in [0.25, 0.3) is 11.0 Å². The van der Waals surface area contributed by atoms with Crippen molar-refractivity contribution in [2.24, 2.45) is 4.99 Å². The van der Waals surface area contributed by atoms with E-state index in [9.17, 15) is 0 Å². The van der Waals surface area contributed by atoms with Crippen molar-refractivity contribution in [3.05, 3.63) is 66.0 Å². The number of piperidine rings is 2. The fourth-order valence-electron chi connectivity index (χ4n) is 7.68. The van der Waals surface area contributed by atoms with Crippen molar-refractivity contribution in [2.75, 3.05) is 25.9 Å². The Hall–Kier alpha value is -2.82. The third-order valence-electron chi connectivity index (χ3n) is 9.55. The fourth-order valence-corrected chi connectivity index (χ4v) is 8.25. The van der Waals surface area contributed by atoms with Crippen LogP contribution < -0.4 is 0 Å². The van der Waals surface area contributed by atoms with E-state index in [1.807, 2.05) is 12.4 Å². The van der Waals surface area contributed by atoms with E-state index in [-0.39, 0.29) is 5.41 Å². The van der Waals surface area contributed by atoms with Gasteiger partial charge < -0.3 is 9.47 Å². The predicted molar refractivity (Wildman–Crippen MR) is 156 cm³/mol. The van der Waals surface area contributed by atoms with Crippen LogP contribution in [0.1, 0.15) is 62.4 Å². The molecule has 198 valence electrons. The number of imidazole rings is 1. The van der Waals surface area contributed by atoms with Crippen LogP contribution in [0.15, 0.2) is 59.6 Å². The van der Waals surface area contributed by atoms with Gasteiger partial charge in [-0.05, 0) is 87.8 Å². The van der Waals surface area contributed by atoms with Gasteiger partial charge in [0.25, 0.3) is 0 Å². The molecular weight excluding hydrogens is 488 g/mol. The average molecular weight is 527 g/mol. The number of hydrogen-bond donors (Lipinski definition) is 0. The maximum absolute atomic E-state index is 9.12. The molecule has 3 saturated heterocycles. The molecule has 6 rings (SSSR count). The summed E-state index contributed by atoms with van der Waals surface area (Å²) in [6.07, 6.45) is 12.5. The van der Waals surface area contributed by atoms with E-state index in [4.69, 9.17) is 10.2 Å². The van der Waals surface area contributed by atoms with E-state index in [1.165, 1.54) is 49.7 Å². The van der Waals surface area contributed by atoms with Crippen LogP contribution in [0, 0.1) is 18.4 Å². The van der Waals surface area contributed by atoms with Crippen molar-refractivity contribution in [3.63, 3.8) is 0 Å². The van der Waals surface area contributed by atoms with Gasteiger partial charge in [0.1, 0.15) is 5.82 Å². The molecule has 4 heterocycles. The van der Waals surface area contributed by atoms with E-state index < -0.39 is 0 Å². The second kappa shape index (κ2) is 10.7. The summed E-state index contributed by atoms with van der Waals surface area (Å²) in [4.78, 5) is 14.1. The lowest BCUT2D eigenvalue weighted by Gasteiger charge is -2.46. The quantitative estimate of drug-likeness (QED) is 0.227. The van der Waals surface area contributed by atoms with E-state index in [0.717, 1.165) is 42.4 Å². The maximum atomic E-state index is 9.12.